The number of nitrogens with zero attached hydrogens (tertiary/aromatic N) is 2. The van der Waals surface area contributed by atoms with E-state index in [0.717, 1.165) is 30.5 Å². The van der Waals surface area contributed by atoms with Crippen molar-refractivity contribution < 1.29 is 19.1 Å². The molecule has 1 saturated heterocycles. The highest BCUT2D eigenvalue weighted by Crippen LogP contribution is 2.37. The van der Waals surface area contributed by atoms with Crippen LogP contribution in [-0.4, -0.2) is 59.5 Å². The molecule has 202 valence electrons. The average molecular weight is 518 g/mol. The number of ether oxygens (including phenoxy) is 1. The maximum absolute atomic E-state index is 14.1. The van der Waals surface area contributed by atoms with Crippen molar-refractivity contribution in [2.24, 2.45) is 17.8 Å². The molecule has 7 heteroatoms. The molecule has 2 heterocycles. The summed E-state index contributed by atoms with van der Waals surface area (Å²) in [4.78, 5) is 43.4. The molecule has 1 aliphatic carbocycles. The number of carbonyl (C=O) groups is 3. The predicted molar refractivity (Wildman–Crippen MR) is 147 cm³/mol. The molecule has 2 fully saturated rings. The number of rotatable bonds is 7. The van der Waals surface area contributed by atoms with Crippen molar-refractivity contribution in [1.82, 2.24) is 9.80 Å². The molecule has 0 radical (unpaired) electrons. The van der Waals surface area contributed by atoms with E-state index in [1.807, 2.05) is 73.0 Å². The minimum absolute atomic E-state index is 0.0216. The third-order valence-electron chi connectivity index (χ3n) is 7.81. The van der Waals surface area contributed by atoms with Gasteiger partial charge in [0.2, 0.25) is 11.8 Å². The van der Waals surface area contributed by atoms with Crippen LogP contribution in [0.3, 0.4) is 0 Å². The number of hydrogen-bond acceptors (Lipinski definition) is 4. The van der Waals surface area contributed by atoms with Gasteiger partial charge in [-0.15, -0.1) is 0 Å². The lowest BCUT2D eigenvalue weighted by Crippen LogP contribution is -2.43. The Labute approximate surface area is 225 Å². The van der Waals surface area contributed by atoms with Crippen LogP contribution < -0.4 is 5.32 Å². The molecular formula is C31H39N3O4. The molecule has 3 unspecified atom stereocenters. The Bertz CT molecular complexity index is 1170. The van der Waals surface area contributed by atoms with Crippen molar-refractivity contribution >= 4 is 23.6 Å². The lowest BCUT2D eigenvalue weighted by molar-refractivity contribution is -0.136. The molecule has 0 bridgehead atoms. The Hall–Kier alpha value is -3.35. The van der Waals surface area contributed by atoms with Gasteiger partial charge in [0, 0.05) is 38.3 Å². The summed E-state index contributed by atoms with van der Waals surface area (Å²) in [5.41, 5.74) is 2.28. The zero-order valence-electron chi connectivity index (χ0n) is 22.7. The normalized spacial score (nSPS) is 23.0. The zero-order chi connectivity index (χ0) is 26.9. The molecule has 0 spiro atoms. The van der Waals surface area contributed by atoms with Crippen LogP contribution in [0.1, 0.15) is 57.1 Å². The Kier molecular flexibility index (Phi) is 7.46. The number of hydrogen-bond donors (Lipinski definition) is 1. The van der Waals surface area contributed by atoms with Crippen molar-refractivity contribution in [3.8, 4) is 0 Å². The number of fused-ring (bicyclic) bond motifs is 1. The Morgan fingerprint density at radius 1 is 0.974 bits per heavy atom. The van der Waals surface area contributed by atoms with Crippen LogP contribution in [0, 0.1) is 17.8 Å². The molecular weight excluding hydrogens is 478 g/mol. The van der Waals surface area contributed by atoms with Crippen molar-refractivity contribution in [2.75, 3.05) is 31.5 Å². The fourth-order valence-electron chi connectivity index (χ4n) is 5.77. The van der Waals surface area contributed by atoms with Gasteiger partial charge in [-0.1, -0.05) is 48.5 Å². The van der Waals surface area contributed by atoms with Crippen LogP contribution in [0.15, 0.2) is 54.6 Å². The lowest BCUT2D eigenvalue weighted by atomic mass is 9.87. The van der Waals surface area contributed by atoms with Crippen molar-refractivity contribution in [3.63, 3.8) is 0 Å². The quantitative estimate of drug-likeness (QED) is 0.556. The van der Waals surface area contributed by atoms with Crippen LogP contribution >= 0.6 is 0 Å². The van der Waals surface area contributed by atoms with Gasteiger partial charge in [-0.3, -0.25) is 9.59 Å². The van der Waals surface area contributed by atoms with Gasteiger partial charge in [-0.25, -0.2) is 4.79 Å². The standard InChI is InChI=1S/C31H39N3O4/c1-31(2,3)38-30(37)34-18-23(15-21-9-5-4-6-10-21)24(20-34)19-33(17-22-13-14-22)29(36)26-16-28(35)32-27-12-8-7-11-25(26)27/h4-12,22-24,26H,13-20H2,1-3H3,(H,32,35). The van der Waals surface area contributed by atoms with Crippen LogP contribution in [0.5, 0.6) is 0 Å². The van der Waals surface area contributed by atoms with Gasteiger partial charge >= 0.3 is 6.09 Å². The van der Waals surface area contributed by atoms with Gasteiger partial charge in [0.15, 0.2) is 0 Å². The van der Waals surface area contributed by atoms with E-state index >= 15 is 0 Å². The highest BCUT2D eigenvalue weighted by Gasteiger charge is 2.41. The van der Waals surface area contributed by atoms with Crippen LogP contribution in [0.4, 0.5) is 10.5 Å². The molecule has 1 saturated carbocycles. The van der Waals surface area contributed by atoms with Gasteiger partial charge in [-0.05, 0) is 75.0 Å². The van der Waals surface area contributed by atoms with E-state index in [2.05, 4.69) is 17.4 Å². The summed E-state index contributed by atoms with van der Waals surface area (Å²) < 4.78 is 5.70. The van der Waals surface area contributed by atoms with Gasteiger partial charge in [0.05, 0.1) is 5.92 Å². The van der Waals surface area contributed by atoms with Crippen LogP contribution in [0.2, 0.25) is 0 Å². The lowest BCUT2D eigenvalue weighted by Gasteiger charge is -2.33. The Morgan fingerprint density at radius 2 is 1.66 bits per heavy atom. The second-order valence-corrected chi connectivity index (χ2v) is 12.2. The van der Waals surface area contributed by atoms with E-state index in [1.54, 1.807) is 0 Å². The van der Waals surface area contributed by atoms with Crippen molar-refractivity contribution in [3.05, 3.63) is 65.7 Å². The van der Waals surface area contributed by atoms with Gasteiger partial charge in [-0.2, -0.15) is 0 Å². The summed E-state index contributed by atoms with van der Waals surface area (Å²) in [5, 5.41) is 2.91. The van der Waals surface area contributed by atoms with E-state index in [-0.39, 0.29) is 36.2 Å². The SMILES string of the molecule is CC(C)(C)OC(=O)N1CC(Cc2ccccc2)C(CN(CC2CC2)C(=O)C2CC(=O)Nc3ccccc32)C1. The van der Waals surface area contributed by atoms with E-state index < -0.39 is 11.5 Å². The molecule has 2 aromatic carbocycles. The molecule has 0 aromatic heterocycles. The molecule has 5 rings (SSSR count). The third kappa shape index (κ3) is 6.37. The minimum atomic E-state index is -0.562. The van der Waals surface area contributed by atoms with Gasteiger partial charge in [0.1, 0.15) is 5.60 Å². The summed E-state index contributed by atoms with van der Waals surface area (Å²) in [6.07, 6.45) is 2.97. The number of anilines is 1. The maximum atomic E-state index is 14.1. The first-order valence-electron chi connectivity index (χ1n) is 13.9. The largest absolute Gasteiger partial charge is 0.444 e. The summed E-state index contributed by atoms with van der Waals surface area (Å²) >= 11 is 0. The number of amides is 3. The van der Waals surface area contributed by atoms with Crippen LogP contribution in [-0.2, 0) is 20.7 Å². The molecule has 3 amide bonds. The van der Waals surface area contributed by atoms with Crippen LogP contribution in [0.25, 0.3) is 0 Å². The average Bonchev–Trinajstić information content (AvgIpc) is 3.61. The maximum Gasteiger partial charge on any atom is 0.410 e. The minimum Gasteiger partial charge on any atom is -0.444 e. The number of nitrogens with one attached hydrogen (secondary N) is 1. The van der Waals surface area contributed by atoms with E-state index in [9.17, 15) is 14.4 Å². The predicted octanol–water partition coefficient (Wildman–Crippen LogP) is 5.08. The fourth-order valence-corrected chi connectivity index (χ4v) is 5.77. The molecule has 3 aliphatic rings. The molecule has 38 heavy (non-hydrogen) atoms. The molecule has 7 nitrogen and oxygen atoms in total. The monoisotopic (exact) mass is 517 g/mol. The zero-order valence-corrected chi connectivity index (χ0v) is 22.7. The molecule has 1 N–H and O–H groups in total. The molecule has 3 atom stereocenters. The highest BCUT2D eigenvalue weighted by molar-refractivity contribution is 6.01. The number of carbonyl (C=O) groups excluding carboxylic acids is 3. The first-order chi connectivity index (χ1) is 18.2. The van der Waals surface area contributed by atoms with E-state index in [1.165, 1.54) is 5.56 Å². The Morgan fingerprint density at radius 3 is 2.37 bits per heavy atom. The molecule has 2 aliphatic heterocycles. The first-order valence-corrected chi connectivity index (χ1v) is 13.9. The van der Waals surface area contributed by atoms with E-state index in [0.29, 0.717) is 32.1 Å². The summed E-state index contributed by atoms with van der Waals surface area (Å²) in [7, 11) is 0. The van der Waals surface area contributed by atoms with Gasteiger partial charge in [0.25, 0.3) is 0 Å². The second-order valence-electron chi connectivity index (χ2n) is 12.2. The first kappa shape index (κ1) is 26.3. The van der Waals surface area contributed by atoms with Gasteiger partial charge < -0.3 is 19.9 Å². The van der Waals surface area contributed by atoms with Crippen molar-refractivity contribution in [2.45, 2.75) is 58.0 Å². The summed E-state index contributed by atoms with van der Waals surface area (Å²) in [6.45, 7) is 8.10. The second kappa shape index (κ2) is 10.8. The fraction of sp³-hybridized carbons (Fsp3) is 0.516. The summed E-state index contributed by atoms with van der Waals surface area (Å²) in [6, 6.07) is 18.0. The van der Waals surface area contributed by atoms with Crippen molar-refractivity contribution in [1.29, 1.82) is 0 Å². The number of para-hydroxylation sites is 1. The smallest absolute Gasteiger partial charge is 0.410 e. The summed E-state index contributed by atoms with van der Waals surface area (Å²) in [5.74, 6) is 0.275. The van der Waals surface area contributed by atoms with E-state index in [4.69, 9.17) is 4.74 Å². The highest BCUT2D eigenvalue weighted by atomic mass is 16.6. The number of likely N-dealkylation sites (tertiary alicyclic amines) is 1. The third-order valence-corrected chi connectivity index (χ3v) is 7.81. The number of benzene rings is 2. The molecule has 2 aromatic rings. The topological polar surface area (TPSA) is 79.0 Å². The Balaban J connectivity index is 1.38.